The van der Waals surface area contributed by atoms with Crippen LogP contribution in [0.5, 0.6) is 11.5 Å². The number of fused-ring (bicyclic) bond motifs is 1. The van der Waals surface area contributed by atoms with Gasteiger partial charge in [0, 0.05) is 12.5 Å². The van der Waals surface area contributed by atoms with Crippen LogP contribution in [0, 0.1) is 0 Å². The summed E-state index contributed by atoms with van der Waals surface area (Å²) >= 11 is 0. The summed E-state index contributed by atoms with van der Waals surface area (Å²) < 4.78 is 11.6. The summed E-state index contributed by atoms with van der Waals surface area (Å²) in [7, 11) is 0. The molecule has 0 spiro atoms. The smallest absolute Gasteiger partial charge is 0.308 e. The second-order valence-corrected chi connectivity index (χ2v) is 6.52. The lowest BCUT2D eigenvalue weighted by Gasteiger charge is -2.36. The second-order valence-electron chi connectivity index (χ2n) is 6.52. The van der Waals surface area contributed by atoms with Crippen molar-refractivity contribution >= 4 is 11.8 Å². The third-order valence-electron chi connectivity index (χ3n) is 4.23. The van der Waals surface area contributed by atoms with Crippen LogP contribution in [0.3, 0.4) is 0 Å². The SMILES string of the molecule is C/C=C/CCC1(C)CC(=O)c2ccc(OC(C)=O)c(CCC)c2O1. The van der Waals surface area contributed by atoms with Crippen LogP contribution >= 0.6 is 0 Å². The molecule has 1 aliphatic heterocycles. The van der Waals surface area contributed by atoms with E-state index in [4.69, 9.17) is 9.47 Å². The molecule has 0 saturated carbocycles. The molecule has 2 rings (SSSR count). The lowest BCUT2D eigenvalue weighted by Crippen LogP contribution is -2.39. The summed E-state index contributed by atoms with van der Waals surface area (Å²) in [6.07, 6.45) is 7.66. The van der Waals surface area contributed by atoms with Gasteiger partial charge in [-0.25, -0.2) is 0 Å². The van der Waals surface area contributed by atoms with E-state index in [9.17, 15) is 9.59 Å². The predicted octanol–water partition coefficient (Wildman–Crippen LogP) is 4.64. The maximum atomic E-state index is 12.6. The van der Waals surface area contributed by atoms with Gasteiger partial charge in [0.05, 0.1) is 12.0 Å². The van der Waals surface area contributed by atoms with Gasteiger partial charge in [-0.3, -0.25) is 9.59 Å². The summed E-state index contributed by atoms with van der Waals surface area (Å²) in [6, 6.07) is 3.41. The third kappa shape index (κ3) is 4.05. The number of hydrogen-bond acceptors (Lipinski definition) is 4. The highest BCUT2D eigenvalue weighted by Gasteiger charge is 2.37. The number of rotatable bonds is 6. The zero-order valence-corrected chi connectivity index (χ0v) is 15.0. The van der Waals surface area contributed by atoms with Crippen molar-refractivity contribution < 1.29 is 19.1 Å². The Kier molecular flexibility index (Phi) is 5.81. The van der Waals surface area contributed by atoms with Crippen molar-refractivity contribution in [2.75, 3.05) is 0 Å². The van der Waals surface area contributed by atoms with E-state index in [2.05, 4.69) is 6.08 Å². The molecule has 4 nitrogen and oxygen atoms in total. The molecule has 24 heavy (non-hydrogen) atoms. The Balaban J connectivity index is 2.43. The average molecular weight is 330 g/mol. The van der Waals surface area contributed by atoms with E-state index in [0.717, 1.165) is 24.8 Å². The standard InChI is InChI=1S/C20H26O4/c1-5-7-8-12-20(4)13-17(22)15-10-11-18(23-14(3)21)16(9-6-2)19(15)24-20/h5,7,10-11H,6,8-9,12-13H2,1-4H3/b7-5+. The van der Waals surface area contributed by atoms with Gasteiger partial charge in [0.25, 0.3) is 0 Å². The lowest BCUT2D eigenvalue weighted by molar-refractivity contribution is -0.131. The number of esters is 1. The van der Waals surface area contributed by atoms with Gasteiger partial charge in [0.1, 0.15) is 17.1 Å². The van der Waals surface area contributed by atoms with E-state index in [-0.39, 0.29) is 11.8 Å². The highest BCUT2D eigenvalue weighted by atomic mass is 16.5. The molecule has 1 aromatic rings. The zero-order chi connectivity index (χ0) is 17.7. The van der Waals surface area contributed by atoms with Crippen molar-refractivity contribution in [3.05, 3.63) is 35.4 Å². The molecule has 0 fully saturated rings. The molecule has 1 unspecified atom stereocenters. The number of Topliss-reactive ketones (excluding diaryl/α,β-unsaturated/α-hetero) is 1. The molecule has 0 radical (unpaired) electrons. The first-order chi connectivity index (χ1) is 11.4. The number of benzene rings is 1. The van der Waals surface area contributed by atoms with E-state index >= 15 is 0 Å². The number of allylic oxidation sites excluding steroid dienone is 2. The molecule has 1 atom stereocenters. The Hall–Kier alpha value is -2.10. The molecule has 0 bridgehead atoms. The van der Waals surface area contributed by atoms with Gasteiger partial charge in [-0.2, -0.15) is 0 Å². The fourth-order valence-electron chi connectivity index (χ4n) is 3.10. The molecule has 130 valence electrons. The Labute approximate surface area is 143 Å². The number of carbonyl (C=O) groups is 2. The van der Waals surface area contributed by atoms with E-state index < -0.39 is 5.60 Å². The van der Waals surface area contributed by atoms with E-state index in [1.54, 1.807) is 12.1 Å². The molecule has 0 saturated heterocycles. The fraction of sp³-hybridized carbons (Fsp3) is 0.500. The Morgan fingerprint density at radius 2 is 2.17 bits per heavy atom. The summed E-state index contributed by atoms with van der Waals surface area (Å²) in [4.78, 5) is 24.0. The quantitative estimate of drug-likeness (QED) is 0.433. The molecule has 0 aliphatic carbocycles. The monoisotopic (exact) mass is 330 g/mol. The van der Waals surface area contributed by atoms with Crippen molar-refractivity contribution in [2.24, 2.45) is 0 Å². The topological polar surface area (TPSA) is 52.6 Å². The van der Waals surface area contributed by atoms with Crippen LogP contribution < -0.4 is 9.47 Å². The molecule has 1 aromatic carbocycles. The van der Waals surface area contributed by atoms with Crippen molar-refractivity contribution in [3.8, 4) is 11.5 Å². The van der Waals surface area contributed by atoms with Crippen LogP contribution in [0.15, 0.2) is 24.3 Å². The van der Waals surface area contributed by atoms with Crippen molar-refractivity contribution in [1.82, 2.24) is 0 Å². The average Bonchev–Trinajstić information content (AvgIpc) is 2.49. The van der Waals surface area contributed by atoms with Crippen molar-refractivity contribution in [2.45, 2.75) is 65.4 Å². The van der Waals surface area contributed by atoms with Crippen LogP contribution in [0.2, 0.25) is 0 Å². The van der Waals surface area contributed by atoms with Gasteiger partial charge < -0.3 is 9.47 Å². The number of carbonyl (C=O) groups excluding carboxylic acids is 2. The largest absolute Gasteiger partial charge is 0.486 e. The maximum absolute atomic E-state index is 12.6. The van der Waals surface area contributed by atoms with Crippen molar-refractivity contribution in [1.29, 1.82) is 0 Å². The Bertz CT molecular complexity index is 660. The van der Waals surface area contributed by atoms with Crippen LogP contribution in [-0.4, -0.2) is 17.4 Å². The van der Waals surface area contributed by atoms with Crippen LogP contribution in [-0.2, 0) is 11.2 Å². The first-order valence-corrected chi connectivity index (χ1v) is 8.58. The Morgan fingerprint density at radius 3 is 2.79 bits per heavy atom. The molecule has 0 N–H and O–H groups in total. The van der Waals surface area contributed by atoms with Crippen LogP contribution in [0.25, 0.3) is 0 Å². The molecule has 1 aliphatic rings. The first kappa shape index (κ1) is 18.2. The number of hydrogen-bond donors (Lipinski definition) is 0. The normalized spacial score (nSPS) is 19.9. The molecular formula is C20H26O4. The second kappa shape index (κ2) is 7.65. The fourth-order valence-corrected chi connectivity index (χ4v) is 3.10. The molecular weight excluding hydrogens is 304 g/mol. The van der Waals surface area contributed by atoms with Crippen LogP contribution in [0.1, 0.15) is 69.3 Å². The summed E-state index contributed by atoms with van der Waals surface area (Å²) in [5.74, 6) is 0.805. The van der Waals surface area contributed by atoms with Crippen molar-refractivity contribution in [3.63, 3.8) is 0 Å². The van der Waals surface area contributed by atoms with Gasteiger partial charge in [0.2, 0.25) is 0 Å². The Morgan fingerprint density at radius 1 is 1.42 bits per heavy atom. The molecule has 1 heterocycles. The minimum atomic E-state index is -0.527. The molecule has 0 aromatic heterocycles. The maximum Gasteiger partial charge on any atom is 0.308 e. The highest BCUT2D eigenvalue weighted by Crippen LogP contribution is 2.42. The first-order valence-electron chi connectivity index (χ1n) is 8.58. The van der Waals surface area contributed by atoms with Gasteiger partial charge >= 0.3 is 5.97 Å². The van der Waals surface area contributed by atoms with Gasteiger partial charge in [0.15, 0.2) is 5.78 Å². The van der Waals surface area contributed by atoms with Gasteiger partial charge in [-0.05, 0) is 45.2 Å². The van der Waals surface area contributed by atoms with E-state index in [1.807, 2.05) is 26.8 Å². The molecule has 4 heteroatoms. The van der Waals surface area contributed by atoms with Gasteiger partial charge in [-0.1, -0.05) is 25.5 Å². The minimum absolute atomic E-state index is 0.0888. The van der Waals surface area contributed by atoms with E-state index in [1.165, 1.54) is 6.92 Å². The number of ether oxygens (including phenoxy) is 2. The van der Waals surface area contributed by atoms with E-state index in [0.29, 0.717) is 29.9 Å². The zero-order valence-electron chi connectivity index (χ0n) is 15.0. The van der Waals surface area contributed by atoms with Crippen LogP contribution in [0.4, 0.5) is 0 Å². The summed E-state index contributed by atoms with van der Waals surface area (Å²) in [5.41, 5.74) is 0.884. The summed E-state index contributed by atoms with van der Waals surface area (Å²) in [6.45, 7) is 7.38. The minimum Gasteiger partial charge on any atom is -0.486 e. The number of ketones is 1. The predicted molar refractivity (Wildman–Crippen MR) is 93.8 cm³/mol. The van der Waals surface area contributed by atoms with Gasteiger partial charge in [-0.15, -0.1) is 0 Å². The third-order valence-corrected chi connectivity index (χ3v) is 4.23. The highest BCUT2D eigenvalue weighted by molar-refractivity contribution is 6.01. The summed E-state index contributed by atoms with van der Waals surface area (Å²) in [5, 5.41) is 0. The molecule has 0 amide bonds. The lowest BCUT2D eigenvalue weighted by atomic mass is 9.86.